The Morgan fingerprint density at radius 1 is 0.789 bits per heavy atom. The molecule has 0 fully saturated rings. The van der Waals surface area contributed by atoms with E-state index >= 15 is 0 Å². The number of aromatic hydroxyl groups is 2. The summed E-state index contributed by atoms with van der Waals surface area (Å²) in [4.78, 5) is 2.12. The minimum atomic E-state index is 0.322. The van der Waals surface area contributed by atoms with Gasteiger partial charge in [-0.05, 0) is 38.1 Å². The Hall–Kier alpha value is -2.16. The van der Waals surface area contributed by atoms with E-state index in [9.17, 15) is 5.11 Å². The average molecular weight is 259 g/mol. The second-order valence-electron chi connectivity index (χ2n) is 4.00. The summed E-state index contributed by atoms with van der Waals surface area (Å²) in [6, 6.07) is 16.1. The lowest BCUT2D eigenvalue weighted by molar-refractivity contribution is 0.474. The Bertz CT molecular complexity index is 467. The van der Waals surface area contributed by atoms with Gasteiger partial charge >= 0.3 is 0 Å². The van der Waals surface area contributed by atoms with Crippen LogP contribution in [0.3, 0.4) is 0 Å². The summed E-state index contributed by atoms with van der Waals surface area (Å²) in [6.07, 6.45) is 0. The van der Waals surface area contributed by atoms with Crippen LogP contribution < -0.4 is 4.90 Å². The number of anilines is 1. The predicted molar refractivity (Wildman–Crippen MR) is 79.8 cm³/mol. The van der Waals surface area contributed by atoms with E-state index in [1.165, 1.54) is 0 Å². The Balaban J connectivity index is 0.000000218. The van der Waals surface area contributed by atoms with Crippen LogP contribution in [0.2, 0.25) is 0 Å². The van der Waals surface area contributed by atoms with Gasteiger partial charge in [-0.15, -0.1) is 0 Å². The molecule has 0 atom stereocenters. The van der Waals surface area contributed by atoms with Crippen molar-refractivity contribution in [1.29, 1.82) is 0 Å². The van der Waals surface area contributed by atoms with E-state index in [0.717, 1.165) is 18.8 Å². The van der Waals surface area contributed by atoms with Gasteiger partial charge in [-0.1, -0.05) is 30.3 Å². The minimum absolute atomic E-state index is 0.322. The van der Waals surface area contributed by atoms with Crippen LogP contribution in [0.1, 0.15) is 13.8 Å². The largest absolute Gasteiger partial charge is 0.508 e. The van der Waals surface area contributed by atoms with Crippen molar-refractivity contribution >= 4 is 5.69 Å². The molecular weight excluding hydrogens is 238 g/mol. The molecule has 0 aliphatic carbocycles. The number of phenolic OH excluding ortho intramolecular Hbond substituents is 2. The standard InChI is InChI=1S/C10H15NO.C6H6O/c1-3-11(4-2)9-7-5-6-8-10(9)12;7-6-4-2-1-3-5-6/h5-8,12H,3-4H2,1-2H3;1-5,7H. The van der Waals surface area contributed by atoms with E-state index in [2.05, 4.69) is 18.7 Å². The molecule has 2 aromatic carbocycles. The molecule has 3 heteroatoms. The molecule has 0 aliphatic rings. The minimum Gasteiger partial charge on any atom is -0.508 e. The highest BCUT2D eigenvalue weighted by Gasteiger charge is 2.04. The predicted octanol–water partition coefficient (Wildman–Crippen LogP) is 3.63. The van der Waals surface area contributed by atoms with E-state index in [1.54, 1.807) is 30.3 Å². The fourth-order valence-electron chi connectivity index (χ4n) is 1.72. The molecule has 0 aromatic heterocycles. The Labute approximate surface area is 114 Å². The summed E-state index contributed by atoms with van der Waals surface area (Å²) in [5.74, 6) is 0.684. The van der Waals surface area contributed by atoms with Gasteiger partial charge in [-0.3, -0.25) is 0 Å². The summed E-state index contributed by atoms with van der Waals surface area (Å²) in [5, 5.41) is 18.1. The Morgan fingerprint density at radius 2 is 1.32 bits per heavy atom. The molecule has 0 radical (unpaired) electrons. The molecule has 2 N–H and O–H groups in total. The van der Waals surface area contributed by atoms with Crippen molar-refractivity contribution in [2.45, 2.75) is 13.8 Å². The lowest BCUT2D eigenvalue weighted by Crippen LogP contribution is -2.21. The van der Waals surface area contributed by atoms with Crippen molar-refractivity contribution in [1.82, 2.24) is 0 Å². The number of nitrogens with zero attached hydrogens (tertiary/aromatic N) is 1. The number of benzene rings is 2. The van der Waals surface area contributed by atoms with Crippen molar-refractivity contribution in [2.75, 3.05) is 18.0 Å². The Morgan fingerprint density at radius 3 is 1.74 bits per heavy atom. The highest BCUT2D eigenvalue weighted by atomic mass is 16.3. The van der Waals surface area contributed by atoms with Crippen molar-refractivity contribution in [3.63, 3.8) is 0 Å². The first-order valence-corrected chi connectivity index (χ1v) is 6.46. The molecule has 2 aromatic rings. The van der Waals surface area contributed by atoms with Gasteiger partial charge < -0.3 is 15.1 Å². The molecule has 0 bridgehead atoms. The van der Waals surface area contributed by atoms with Gasteiger partial charge in [0.2, 0.25) is 0 Å². The maximum absolute atomic E-state index is 9.50. The van der Waals surface area contributed by atoms with Crippen molar-refractivity contribution in [3.05, 3.63) is 54.6 Å². The topological polar surface area (TPSA) is 43.7 Å². The molecule has 3 nitrogen and oxygen atoms in total. The number of hydrogen-bond donors (Lipinski definition) is 2. The zero-order valence-corrected chi connectivity index (χ0v) is 11.5. The molecule has 0 spiro atoms. The zero-order valence-electron chi connectivity index (χ0n) is 11.5. The van der Waals surface area contributed by atoms with Crippen LogP contribution in [0, 0.1) is 0 Å². The highest BCUT2D eigenvalue weighted by molar-refractivity contribution is 5.57. The summed E-state index contributed by atoms with van der Waals surface area (Å²) < 4.78 is 0. The number of para-hydroxylation sites is 3. The molecule has 19 heavy (non-hydrogen) atoms. The van der Waals surface area contributed by atoms with Crippen LogP contribution in [0.5, 0.6) is 11.5 Å². The fraction of sp³-hybridized carbons (Fsp3) is 0.250. The quantitative estimate of drug-likeness (QED) is 0.884. The van der Waals surface area contributed by atoms with Crippen molar-refractivity contribution in [2.24, 2.45) is 0 Å². The van der Waals surface area contributed by atoms with Gasteiger partial charge in [-0.25, -0.2) is 0 Å². The van der Waals surface area contributed by atoms with E-state index in [0.29, 0.717) is 11.5 Å². The zero-order chi connectivity index (χ0) is 14.1. The SMILES string of the molecule is CCN(CC)c1ccccc1O.Oc1ccccc1. The summed E-state index contributed by atoms with van der Waals surface area (Å²) in [7, 11) is 0. The van der Waals surface area contributed by atoms with Crippen molar-refractivity contribution < 1.29 is 10.2 Å². The van der Waals surface area contributed by atoms with E-state index in [1.807, 2.05) is 24.3 Å². The third-order valence-electron chi connectivity index (χ3n) is 2.74. The number of phenols is 2. The first-order valence-electron chi connectivity index (χ1n) is 6.46. The van der Waals surface area contributed by atoms with E-state index < -0.39 is 0 Å². The molecule has 0 saturated carbocycles. The first kappa shape index (κ1) is 14.9. The van der Waals surface area contributed by atoms with E-state index in [4.69, 9.17) is 5.11 Å². The lowest BCUT2D eigenvalue weighted by Gasteiger charge is -2.21. The van der Waals surface area contributed by atoms with E-state index in [-0.39, 0.29) is 0 Å². The monoisotopic (exact) mass is 259 g/mol. The second-order valence-corrected chi connectivity index (χ2v) is 4.00. The van der Waals surface area contributed by atoms with Gasteiger partial charge in [0, 0.05) is 13.1 Å². The summed E-state index contributed by atoms with van der Waals surface area (Å²) >= 11 is 0. The molecule has 0 heterocycles. The molecule has 2 rings (SSSR count). The number of rotatable bonds is 3. The van der Waals surface area contributed by atoms with Gasteiger partial charge in [0.1, 0.15) is 11.5 Å². The average Bonchev–Trinajstić information content (AvgIpc) is 2.44. The molecule has 102 valence electrons. The van der Waals surface area contributed by atoms with Crippen molar-refractivity contribution in [3.8, 4) is 11.5 Å². The van der Waals surface area contributed by atoms with Gasteiger partial charge in [-0.2, -0.15) is 0 Å². The van der Waals surface area contributed by atoms with Crippen LogP contribution in [-0.2, 0) is 0 Å². The van der Waals surface area contributed by atoms with Crippen LogP contribution in [-0.4, -0.2) is 23.3 Å². The van der Waals surface area contributed by atoms with Gasteiger partial charge in [0.05, 0.1) is 5.69 Å². The first-order chi connectivity index (χ1) is 9.19. The molecule has 0 aliphatic heterocycles. The lowest BCUT2D eigenvalue weighted by atomic mass is 10.2. The molecular formula is C16H21NO2. The molecule has 0 saturated heterocycles. The maximum Gasteiger partial charge on any atom is 0.138 e. The van der Waals surface area contributed by atoms with Crippen LogP contribution >= 0.6 is 0 Å². The normalized spacial score (nSPS) is 9.37. The third-order valence-corrected chi connectivity index (χ3v) is 2.74. The van der Waals surface area contributed by atoms with Crippen LogP contribution in [0.15, 0.2) is 54.6 Å². The van der Waals surface area contributed by atoms with Crippen LogP contribution in [0.4, 0.5) is 5.69 Å². The smallest absolute Gasteiger partial charge is 0.138 e. The highest BCUT2D eigenvalue weighted by Crippen LogP contribution is 2.25. The Kier molecular flexibility index (Phi) is 6.30. The van der Waals surface area contributed by atoms with Crippen LogP contribution in [0.25, 0.3) is 0 Å². The maximum atomic E-state index is 9.50. The van der Waals surface area contributed by atoms with Gasteiger partial charge in [0.15, 0.2) is 0 Å². The second kappa shape index (κ2) is 8.03. The van der Waals surface area contributed by atoms with Gasteiger partial charge in [0.25, 0.3) is 0 Å². The summed E-state index contributed by atoms with van der Waals surface area (Å²) in [5.41, 5.74) is 0.919. The number of hydrogen-bond acceptors (Lipinski definition) is 3. The fourth-order valence-corrected chi connectivity index (χ4v) is 1.72. The molecule has 0 unspecified atom stereocenters. The molecule has 0 amide bonds. The summed E-state index contributed by atoms with van der Waals surface area (Å²) in [6.45, 7) is 6.01. The third kappa shape index (κ3) is 4.92.